The molecule has 0 unspecified atom stereocenters. The van der Waals surface area contributed by atoms with Gasteiger partial charge in [0.15, 0.2) is 0 Å². The molecule has 0 aliphatic heterocycles. The molecule has 0 amide bonds. The molecule has 0 bridgehead atoms. The molecule has 1 aliphatic rings. The van der Waals surface area contributed by atoms with Gasteiger partial charge in [-0.05, 0) is 53.3 Å². The summed E-state index contributed by atoms with van der Waals surface area (Å²) in [7, 11) is 0. The van der Waals surface area contributed by atoms with Gasteiger partial charge < -0.3 is 0 Å². The normalized spacial score (nSPS) is 13.4. The summed E-state index contributed by atoms with van der Waals surface area (Å²) in [5.74, 6) is 5.66. The summed E-state index contributed by atoms with van der Waals surface area (Å²) < 4.78 is 0. The lowest BCUT2D eigenvalue weighted by molar-refractivity contribution is 0.400. The van der Waals surface area contributed by atoms with E-state index in [9.17, 15) is 0 Å². The molecule has 0 heteroatoms. The number of benzene rings is 2. The third-order valence-electron chi connectivity index (χ3n) is 6.49. The van der Waals surface area contributed by atoms with E-state index in [0.29, 0.717) is 0 Å². The van der Waals surface area contributed by atoms with Crippen molar-refractivity contribution in [1.82, 2.24) is 0 Å². The summed E-state index contributed by atoms with van der Waals surface area (Å²) in [4.78, 5) is 0. The maximum absolute atomic E-state index is 5.78. The van der Waals surface area contributed by atoms with Crippen molar-refractivity contribution in [3.63, 3.8) is 0 Å². The second-order valence-electron chi connectivity index (χ2n) is 8.41. The Hall–Kier alpha value is -2.44. The van der Waals surface area contributed by atoms with Gasteiger partial charge in [-0.1, -0.05) is 89.2 Å². The molecular weight excluding hydrogens is 348 g/mol. The minimum atomic E-state index is -0.00807. The Bertz CT molecular complexity index is 839. The van der Waals surface area contributed by atoms with Crippen LogP contribution in [0.4, 0.5) is 0 Å². The lowest BCUT2D eigenvalue weighted by atomic mass is 9.70. The Balaban J connectivity index is 2.10. The molecule has 1 aliphatic carbocycles. The van der Waals surface area contributed by atoms with Crippen molar-refractivity contribution >= 4 is 0 Å². The molecular formula is C29H33. The van der Waals surface area contributed by atoms with Crippen LogP contribution in [0.25, 0.3) is 11.1 Å². The summed E-state index contributed by atoms with van der Waals surface area (Å²) in [6.45, 7) is 4.54. The number of fused-ring (bicyclic) bond motifs is 3. The van der Waals surface area contributed by atoms with Crippen molar-refractivity contribution in [1.29, 1.82) is 0 Å². The number of hydrogen-bond donors (Lipinski definition) is 0. The van der Waals surface area contributed by atoms with Gasteiger partial charge in [-0.25, -0.2) is 0 Å². The van der Waals surface area contributed by atoms with Gasteiger partial charge in [0.25, 0.3) is 0 Å². The first-order valence-electron chi connectivity index (χ1n) is 11.3. The Morgan fingerprint density at radius 2 is 1.45 bits per heavy atom. The Morgan fingerprint density at radius 3 is 2.03 bits per heavy atom. The van der Waals surface area contributed by atoms with E-state index < -0.39 is 0 Å². The highest BCUT2D eigenvalue weighted by Crippen LogP contribution is 2.54. The van der Waals surface area contributed by atoms with E-state index in [1.54, 1.807) is 0 Å². The van der Waals surface area contributed by atoms with Crippen LogP contribution >= 0.6 is 0 Å². The van der Waals surface area contributed by atoms with Gasteiger partial charge in [-0.2, -0.15) is 0 Å². The molecule has 0 aromatic heterocycles. The predicted molar refractivity (Wildman–Crippen MR) is 125 cm³/mol. The van der Waals surface area contributed by atoms with Crippen LogP contribution in [0.1, 0.15) is 100 Å². The average Bonchev–Trinajstić information content (AvgIpc) is 3.03. The predicted octanol–water partition coefficient (Wildman–Crippen LogP) is 7.66. The van der Waals surface area contributed by atoms with Crippen LogP contribution in [-0.2, 0) is 5.41 Å². The molecule has 0 saturated carbocycles. The first-order valence-corrected chi connectivity index (χ1v) is 11.3. The Kier molecular flexibility index (Phi) is 7.23. The summed E-state index contributed by atoms with van der Waals surface area (Å²) in [6.07, 6.45) is 24.0. The molecule has 3 rings (SSSR count). The number of terminal acetylenes is 2. The highest BCUT2D eigenvalue weighted by molar-refractivity contribution is 5.82. The maximum atomic E-state index is 5.78. The topological polar surface area (TPSA) is 0 Å². The zero-order valence-corrected chi connectivity index (χ0v) is 18.1. The fourth-order valence-electron chi connectivity index (χ4n) is 4.93. The Labute approximate surface area is 178 Å². The standard InChI is InChI=1S/C29H33/c1-5-9-11-13-19-29(20-14-12-10-6-2)27-21-23(7-3)15-17-25(27)26-18-16-24(8-4)22-28(26)29/h3-4,15-18,21H,5-6,9-14,19-20H2,1-2H3. The second-order valence-corrected chi connectivity index (χ2v) is 8.41. The minimum absolute atomic E-state index is 0.00807. The van der Waals surface area contributed by atoms with Gasteiger partial charge in [0.1, 0.15) is 0 Å². The van der Waals surface area contributed by atoms with Crippen molar-refractivity contribution in [2.45, 2.75) is 83.5 Å². The molecule has 1 radical (unpaired) electrons. The van der Waals surface area contributed by atoms with Crippen LogP contribution in [0.2, 0.25) is 0 Å². The largest absolute Gasteiger partial charge is 0.115 e. The third kappa shape index (κ3) is 4.28. The van der Waals surface area contributed by atoms with Gasteiger partial charge in [0.2, 0.25) is 0 Å². The number of unbranched alkanes of at least 4 members (excludes halogenated alkanes) is 6. The fraction of sp³-hybridized carbons (Fsp3) is 0.448. The van der Waals surface area contributed by atoms with Gasteiger partial charge in [0, 0.05) is 22.6 Å². The highest BCUT2D eigenvalue weighted by atomic mass is 14.4. The zero-order valence-electron chi connectivity index (χ0n) is 18.1. The van der Waals surface area contributed by atoms with E-state index in [1.165, 1.54) is 73.6 Å². The van der Waals surface area contributed by atoms with E-state index >= 15 is 0 Å². The molecule has 2 aromatic carbocycles. The Morgan fingerprint density at radius 1 is 0.793 bits per heavy atom. The zero-order chi connectivity index (χ0) is 20.7. The summed E-state index contributed by atoms with van der Waals surface area (Å²) in [6, 6.07) is 14.4. The van der Waals surface area contributed by atoms with E-state index in [-0.39, 0.29) is 5.41 Å². The van der Waals surface area contributed by atoms with Gasteiger partial charge in [0.05, 0.1) is 0 Å². The molecule has 149 valence electrons. The molecule has 0 heterocycles. The minimum Gasteiger partial charge on any atom is -0.115 e. The molecule has 29 heavy (non-hydrogen) atoms. The van der Waals surface area contributed by atoms with Crippen LogP contribution < -0.4 is 0 Å². The highest BCUT2D eigenvalue weighted by Gasteiger charge is 2.42. The van der Waals surface area contributed by atoms with Gasteiger partial charge >= 0.3 is 0 Å². The van der Waals surface area contributed by atoms with Gasteiger partial charge in [-0.15, -0.1) is 12.8 Å². The van der Waals surface area contributed by atoms with E-state index in [1.807, 2.05) is 6.07 Å². The van der Waals surface area contributed by atoms with Crippen molar-refractivity contribution in [2.75, 3.05) is 0 Å². The number of rotatable bonds is 10. The molecule has 0 spiro atoms. The van der Waals surface area contributed by atoms with Crippen LogP contribution in [0, 0.1) is 30.8 Å². The maximum Gasteiger partial charge on any atom is 0.0325 e. The van der Waals surface area contributed by atoms with Crippen LogP contribution in [0.3, 0.4) is 0 Å². The lowest BCUT2D eigenvalue weighted by Gasteiger charge is -2.33. The fourth-order valence-corrected chi connectivity index (χ4v) is 4.93. The molecule has 0 N–H and O–H groups in total. The average molecular weight is 382 g/mol. The SMILES string of the molecule is C#Cc1[c]c2c(cc1)-c1ccc(C#C)cc1C2(CCCCCC)CCCCCC. The monoisotopic (exact) mass is 381 g/mol. The van der Waals surface area contributed by atoms with Crippen LogP contribution in [0.15, 0.2) is 30.3 Å². The summed E-state index contributed by atoms with van der Waals surface area (Å²) >= 11 is 0. The summed E-state index contributed by atoms with van der Waals surface area (Å²) in [5.41, 5.74) is 7.16. The van der Waals surface area contributed by atoms with Crippen molar-refractivity contribution in [3.8, 4) is 35.8 Å². The second kappa shape index (κ2) is 9.85. The van der Waals surface area contributed by atoms with Crippen LogP contribution in [0.5, 0.6) is 0 Å². The first-order chi connectivity index (χ1) is 14.2. The van der Waals surface area contributed by atoms with Crippen molar-refractivity contribution < 1.29 is 0 Å². The van der Waals surface area contributed by atoms with E-state index in [2.05, 4.69) is 56.0 Å². The lowest BCUT2D eigenvalue weighted by Crippen LogP contribution is -2.26. The molecule has 0 atom stereocenters. The number of hydrogen-bond acceptors (Lipinski definition) is 0. The van der Waals surface area contributed by atoms with Crippen molar-refractivity contribution in [3.05, 3.63) is 58.7 Å². The van der Waals surface area contributed by atoms with Gasteiger partial charge in [-0.3, -0.25) is 0 Å². The quantitative estimate of drug-likeness (QED) is 0.293. The van der Waals surface area contributed by atoms with E-state index in [4.69, 9.17) is 12.8 Å². The van der Waals surface area contributed by atoms with Crippen molar-refractivity contribution in [2.24, 2.45) is 0 Å². The molecule has 0 nitrogen and oxygen atoms in total. The third-order valence-corrected chi connectivity index (χ3v) is 6.49. The molecule has 2 aromatic rings. The summed E-state index contributed by atoms with van der Waals surface area (Å²) in [5, 5.41) is 0. The first kappa shape index (κ1) is 21.3. The molecule has 0 saturated heterocycles. The van der Waals surface area contributed by atoms with E-state index in [0.717, 1.165) is 24.0 Å². The molecule has 0 fully saturated rings. The smallest absolute Gasteiger partial charge is 0.0325 e. The van der Waals surface area contributed by atoms with Crippen LogP contribution in [-0.4, -0.2) is 0 Å².